The van der Waals surface area contributed by atoms with E-state index in [1.165, 1.54) is 4.88 Å². The van der Waals surface area contributed by atoms with Crippen LogP contribution in [0.2, 0.25) is 0 Å². The summed E-state index contributed by atoms with van der Waals surface area (Å²) in [5.41, 5.74) is 3.38. The lowest BCUT2D eigenvalue weighted by Gasteiger charge is -2.37. The fourth-order valence-corrected chi connectivity index (χ4v) is 6.69. The van der Waals surface area contributed by atoms with Gasteiger partial charge in [0, 0.05) is 40.1 Å². The van der Waals surface area contributed by atoms with Gasteiger partial charge in [-0.15, -0.1) is 11.3 Å². The number of nitrogens with one attached hydrogen (secondary N) is 1. The normalized spacial score (nSPS) is 22.0. The Labute approximate surface area is 221 Å². The van der Waals surface area contributed by atoms with E-state index in [-0.39, 0.29) is 23.8 Å². The summed E-state index contributed by atoms with van der Waals surface area (Å²) in [7, 11) is 4.67. The second-order valence-corrected chi connectivity index (χ2v) is 10.8. The number of carbonyl (C=O) groups excluding carboxylic acids is 2. The molecule has 2 atom stereocenters. The quantitative estimate of drug-likeness (QED) is 0.472. The number of thiophene rings is 1. The van der Waals surface area contributed by atoms with Crippen molar-refractivity contribution in [3.63, 3.8) is 0 Å². The Hall–Kier alpha value is -3.26. The Kier molecular flexibility index (Phi) is 7.29. The maximum absolute atomic E-state index is 13.8. The first-order chi connectivity index (χ1) is 17.9. The highest BCUT2D eigenvalue weighted by atomic mass is 32.1. The van der Waals surface area contributed by atoms with E-state index in [1.54, 1.807) is 32.7 Å². The Morgan fingerprint density at radius 3 is 2.32 bits per heavy atom. The summed E-state index contributed by atoms with van der Waals surface area (Å²) in [6.45, 7) is 1.89. The van der Waals surface area contributed by atoms with Crippen LogP contribution in [0.1, 0.15) is 67.7 Å². The van der Waals surface area contributed by atoms with Crippen molar-refractivity contribution in [2.45, 2.75) is 63.4 Å². The second-order valence-electron chi connectivity index (χ2n) is 9.80. The molecular weight excluding hydrogens is 490 g/mol. The summed E-state index contributed by atoms with van der Waals surface area (Å²) in [5.74, 6) is 0.562. The predicted octanol–water partition coefficient (Wildman–Crippen LogP) is 5.62. The molecule has 0 unspecified atom stereocenters. The average Bonchev–Trinajstić information content (AvgIpc) is 3.61. The predicted molar refractivity (Wildman–Crippen MR) is 141 cm³/mol. The molecule has 196 valence electrons. The number of carbonyl (C=O) groups is 2. The molecule has 1 aromatic heterocycles. The van der Waals surface area contributed by atoms with Gasteiger partial charge in [0.15, 0.2) is 17.3 Å². The Bertz CT molecular complexity index is 1230. The molecule has 2 heterocycles. The number of benzene rings is 1. The monoisotopic (exact) mass is 523 g/mol. The third-order valence-electron chi connectivity index (χ3n) is 7.59. The highest BCUT2D eigenvalue weighted by Gasteiger charge is 2.42. The molecule has 1 aromatic carbocycles. The zero-order valence-electron chi connectivity index (χ0n) is 21.7. The first-order valence-electron chi connectivity index (χ1n) is 12.7. The number of methoxy groups -OCH3 is 3. The lowest BCUT2D eigenvalue weighted by molar-refractivity contribution is -0.144. The largest absolute Gasteiger partial charge is 0.493 e. The molecule has 1 aliphatic heterocycles. The molecule has 0 radical (unpaired) electrons. The smallest absolute Gasteiger partial charge is 0.337 e. The van der Waals surface area contributed by atoms with Crippen LogP contribution >= 0.6 is 11.3 Å². The first kappa shape index (κ1) is 25.4. The van der Waals surface area contributed by atoms with Crippen LogP contribution in [0.25, 0.3) is 0 Å². The van der Waals surface area contributed by atoms with Crippen molar-refractivity contribution in [1.29, 1.82) is 0 Å². The number of ether oxygens (including phenoxy) is 4. The van der Waals surface area contributed by atoms with Gasteiger partial charge in [0.25, 0.3) is 0 Å². The van der Waals surface area contributed by atoms with Gasteiger partial charge in [0.05, 0.1) is 26.9 Å². The number of esters is 1. The Morgan fingerprint density at radius 2 is 1.73 bits per heavy atom. The molecule has 5 rings (SSSR count). The molecule has 1 N–H and O–H groups in total. The van der Waals surface area contributed by atoms with Crippen molar-refractivity contribution in [2.75, 3.05) is 21.3 Å². The van der Waals surface area contributed by atoms with Crippen molar-refractivity contribution in [3.05, 3.63) is 62.6 Å². The number of dihydropyridines is 1. The van der Waals surface area contributed by atoms with Crippen LogP contribution in [0.4, 0.5) is 0 Å². The summed E-state index contributed by atoms with van der Waals surface area (Å²) < 4.78 is 22.7. The fraction of sp³-hybridized carbons (Fsp3) is 0.448. The van der Waals surface area contributed by atoms with Gasteiger partial charge < -0.3 is 24.3 Å². The van der Waals surface area contributed by atoms with Gasteiger partial charge in [-0.3, -0.25) is 4.79 Å². The lowest BCUT2D eigenvalue weighted by atomic mass is 9.72. The number of rotatable bonds is 7. The molecular formula is C29H33NO6S. The van der Waals surface area contributed by atoms with Gasteiger partial charge >= 0.3 is 5.97 Å². The molecule has 0 bridgehead atoms. The lowest BCUT2D eigenvalue weighted by Crippen LogP contribution is -2.36. The summed E-state index contributed by atoms with van der Waals surface area (Å²) in [5, 5.41) is 5.47. The highest BCUT2D eigenvalue weighted by Crippen LogP contribution is 2.49. The highest BCUT2D eigenvalue weighted by molar-refractivity contribution is 7.10. The molecule has 2 aromatic rings. The number of ketones is 1. The standard InChI is InChI=1S/C29H33NO6S/c1-16-25(29(32)36-19-8-5-6-9-19)26(18-14-22(33-2)28(35-4)23(15-18)34-3)27-20(30-16)12-17(13-21(27)31)24-10-7-11-37-24/h7,10-11,14-15,17,19,26,30H,5-6,8-9,12-13H2,1-4H3/t17-,26+/m1/s1. The van der Waals surface area contributed by atoms with Gasteiger partial charge in [0.2, 0.25) is 5.75 Å². The van der Waals surface area contributed by atoms with E-state index in [1.807, 2.05) is 30.5 Å². The van der Waals surface area contributed by atoms with E-state index in [0.717, 1.165) is 36.9 Å². The van der Waals surface area contributed by atoms with Crippen molar-refractivity contribution in [2.24, 2.45) is 0 Å². The van der Waals surface area contributed by atoms with Crippen LogP contribution in [0.5, 0.6) is 17.2 Å². The summed E-state index contributed by atoms with van der Waals surface area (Å²) in [6.07, 6.45) is 4.86. The third-order valence-corrected chi connectivity index (χ3v) is 8.62. The molecule has 7 nitrogen and oxygen atoms in total. The Balaban J connectivity index is 1.62. The average molecular weight is 524 g/mol. The first-order valence-corrected chi connectivity index (χ1v) is 13.6. The minimum absolute atomic E-state index is 0.0320. The number of Topliss-reactive ketones (excluding diaryl/α,β-unsaturated/α-hetero) is 1. The van der Waals surface area contributed by atoms with Crippen molar-refractivity contribution in [1.82, 2.24) is 5.32 Å². The molecule has 37 heavy (non-hydrogen) atoms. The van der Waals surface area contributed by atoms with Crippen LogP contribution in [0.3, 0.4) is 0 Å². The van der Waals surface area contributed by atoms with E-state index in [0.29, 0.717) is 46.9 Å². The second kappa shape index (κ2) is 10.6. The summed E-state index contributed by atoms with van der Waals surface area (Å²) >= 11 is 1.67. The van der Waals surface area contributed by atoms with E-state index < -0.39 is 5.92 Å². The van der Waals surface area contributed by atoms with Crippen molar-refractivity contribution >= 4 is 23.1 Å². The van der Waals surface area contributed by atoms with Crippen LogP contribution in [0.15, 0.2) is 52.2 Å². The molecule has 2 aliphatic carbocycles. The molecule has 8 heteroatoms. The van der Waals surface area contributed by atoms with Crippen LogP contribution in [0, 0.1) is 0 Å². The number of hydrogen-bond acceptors (Lipinski definition) is 8. The summed E-state index contributed by atoms with van der Waals surface area (Å²) in [4.78, 5) is 28.7. The van der Waals surface area contributed by atoms with Gasteiger partial charge in [-0.05, 0) is 68.2 Å². The minimum Gasteiger partial charge on any atom is -0.493 e. The maximum atomic E-state index is 13.8. The van der Waals surface area contributed by atoms with Gasteiger partial charge in [-0.25, -0.2) is 4.79 Å². The molecule has 3 aliphatic rings. The maximum Gasteiger partial charge on any atom is 0.337 e. The third kappa shape index (κ3) is 4.75. The molecule has 1 saturated carbocycles. The van der Waals surface area contributed by atoms with Crippen molar-refractivity contribution < 1.29 is 28.5 Å². The SMILES string of the molecule is COc1cc([C@H]2C(C(=O)OC3CCCC3)=C(C)NC3=C2C(=O)C[C@H](c2cccs2)C3)cc(OC)c1OC. The van der Waals surface area contributed by atoms with E-state index in [4.69, 9.17) is 18.9 Å². The van der Waals surface area contributed by atoms with E-state index >= 15 is 0 Å². The van der Waals surface area contributed by atoms with Crippen LogP contribution in [-0.2, 0) is 14.3 Å². The van der Waals surface area contributed by atoms with E-state index in [2.05, 4.69) is 11.4 Å². The Morgan fingerprint density at radius 1 is 1.03 bits per heavy atom. The van der Waals surface area contributed by atoms with E-state index in [9.17, 15) is 9.59 Å². The zero-order valence-corrected chi connectivity index (χ0v) is 22.5. The van der Waals surface area contributed by atoms with Crippen LogP contribution < -0.4 is 19.5 Å². The number of allylic oxidation sites excluding steroid dienone is 3. The van der Waals surface area contributed by atoms with Gasteiger partial charge in [-0.1, -0.05) is 6.07 Å². The minimum atomic E-state index is -0.601. The molecule has 0 saturated heterocycles. The van der Waals surface area contributed by atoms with Crippen molar-refractivity contribution in [3.8, 4) is 17.2 Å². The number of hydrogen-bond donors (Lipinski definition) is 1. The molecule has 1 fully saturated rings. The molecule has 0 spiro atoms. The van der Waals surface area contributed by atoms with Crippen LogP contribution in [-0.4, -0.2) is 39.2 Å². The molecule has 0 amide bonds. The zero-order chi connectivity index (χ0) is 26.1. The van der Waals surface area contributed by atoms with Gasteiger partial charge in [0.1, 0.15) is 6.10 Å². The topological polar surface area (TPSA) is 83.1 Å². The fourth-order valence-electron chi connectivity index (χ4n) is 5.86. The van der Waals surface area contributed by atoms with Gasteiger partial charge in [-0.2, -0.15) is 0 Å². The summed E-state index contributed by atoms with van der Waals surface area (Å²) in [6, 6.07) is 7.76.